The van der Waals surface area contributed by atoms with Crippen LogP contribution in [0.15, 0.2) is 0 Å². The lowest BCUT2D eigenvalue weighted by Crippen LogP contribution is -2.27. The van der Waals surface area contributed by atoms with Crippen LogP contribution in [0.3, 0.4) is 0 Å². The van der Waals surface area contributed by atoms with Crippen molar-refractivity contribution < 1.29 is 4.79 Å². The highest BCUT2D eigenvalue weighted by Crippen LogP contribution is 2.25. The number of halogens is 1. The van der Waals surface area contributed by atoms with E-state index in [9.17, 15) is 4.79 Å². The number of rotatable bonds is 6. The van der Waals surface area contributed by atoms with Crippen molar-refractivity contribution in [3.63, 3.8) is 0 Å². The maximum Gasteiger partial charge on any atom is 0.220 e. The molecule has 1 aliphatic carbocycles. The molecule has 0 aromatic heterocycles. The van der Waals surface area contributed by atoms with Gasteiger partial charge in [-0.05, 0) is 31.6 Å². The summed E-state index contributed by atoms with van der Waals surface area (Å²) in [5.41, 5.74) is 0. The van der Waals surface area contributed by atoms with Crippen LogP contribution in [-0.2, 0) is 4.79 Å². The Hall–Kier alpha value is -0.0500. The Morgan fingerprint density at radius 3 is 2.60 bits per heavy atom. The van der Waals surface area contributed by atoms with E-state index in [1.807, 2.05) is 0 Å². The monoisotopic (exact) mass is 275 g/mol. The van der Waals surface area contributed by atoms with Crippen LogP contribution < -0.4 is 5.32 Å². The molecule has 0 saturated heterocycles. The van der Waals surface area contributed by atoms with Crippen LogP contribution in [0.2, 0.25) is 0 Å². The average Bonchev–Trinajstić information content (AvgIpc) is 2.26. The molecule has 88 valence electrons. The van der Waals surface area contributed by atoms with Gasteiger partial charge in [0.15, 0.2) is 0 Å². The van der Waals surface area contributed by atoms with Gasteiger partial charge in [-0.25, -0.2) is 0 Å². The Bertz CT molecular complexity index is 178. The SMILES string of the molecule is O=C(CC1CCCCC1)NCCCCBr. The third-order valence-corrected chi connectivity index (χ3v) is 3.64. The fraction of sp³-hybridized carbons (Fsp3) is 0.917. The average molecular weight is 276 g/mol. The summed E-state index contributed by atoms with van der Waals surface area (Å²) in [6.45, 7) is 0.844. The molecule has 0 heterocycles. The highest BCUT2D eigenvalue weighted by atomic mass is 79.9. The zero-order chi connectivity index (χ0) is 10.9. The van der Waals surface area contributed by atoms with E-state index in [1.165, 1.54) is 32.1 Å². The summed E-state index contributed by atoms with van der Waals surface area (Å²) < 4.78 is 0. The molecule has 0 aromatic rings. The van der Waals surface area contributed by atoms with E-state index in [1.54, 1.807) is 0 Å². The lowest BCUT2D eigenvalue weighted by atomic mass is 9.87. The van der Waals surface area contributed by atoms with Gasteiger partial charge in [-0.2, -0.15) is 0 Å². The second kappa shape index (κ2) is 8.14. The van der Waals surface area contributed by atoms with Crippen molar-refractivity contribution in [3.05, 3.63) is 0 Å². The normalized spacial score (nSPS) is 17.7. The number of hydrogen-bond acceptors (Lipinski definition) is 1. The molecule has 0 bridgehead atoms. The number of alkyl halides is 1. The molecule has 2 nitrogen and oxygen atoms in total. The highest BCUT2D eigenvalue weighted by Gasteiger charge is 2.16. The number of unbranched alkanes of at least 4 members (excludes halogenated alkanes) is 1. The Morgan fingerprint density at radius 2 is 1.93 bits per heavy atom. The van der Waals surface area contributed by atoms with Gasteiger partial charge in [-0.15, -0.1) is 0 Å². The van der Waals surface area contributed by atoms with Crippen molar-refractivity contribution >= 4 is 21.8 Å². The van der Waals surface area contributed by atoms with Gasteiger partial charge in [0.1, 0.15) is 0 Å². The summed E-state index contributed by atoms with van der Waals surface area (Å²) in [5, 5.41) is 4.04. The molecule has 0 unspecified atom stereocenters. The Kier molecular flexibility index (Phi) is 7.07. The van der Waals surface area contributed by atoms with Crippen LogP contribution in [0.5, 0.6) is 0 Å². The molecule has 0 aliphatic heterocycles. The Balaban J connectivity index is 2.01. The van der Waals surface area contributed by atoms with Crippen LogP contribution >= 0.6 is 15.9 Å². The van der Waals surface area contributed by atoms with Gasteiger partial charge in [0.05, 0.1) is 0 Å². The van der Waals surface area contributed by atoms with E-state index in [2.05, 4.69) is 21.2 Å². The molecule has 1 amide bonds. The van der Waals surface area contributed by atoms with E-state index >= 15 is 0 Å². The van der Waals surface area contributed by atoms with E-state index < -0.39 is 0 Å². The van der Waals surface area contributed by atoms with Crippen LogP contribution in [0.4, 0.5) is 0 Å². The number of nitrogens with one attached hydrogen (secondary N) is 1. The second-order valence-corrected chi connectivity index (χ2v) is 5.25. The molecule has 0 spiro atoms. The van der Waals surface area contributed by atoms with E-state index in [0.717, 1.165) is 31.1 Å². The summed E-state index contributed by atoms with van der Waals surface area (Å²) in [7, 11) is 0. The third kappa shape index (κ3) is 6.18. The molecular weight excluding hydrogens is 254 g/mol. The topological polar surface area (TPSA) is 29.1 Å². The fourth-order valence-electron chi connectivity index (χ4n) is 2.17. The standard InChI is InChI=1S/C12H22BrNO/c13-8-4-5-9-14-12(15)10-11-6-2-1-3-7-11/h11H,1-10H2,(H,14,15). The molecule has 15 heavy (non-hydrogen) atoms. The van der Waals surface area contributed by atoms with Gasteiger partial charge in [0.2, 0.25) is 5.91 Å². The summed E-state index contributed by atoms with van der Waals surface area (Å²) >= 11 is 3.38. The smallest absolute Gasteiger partial charge is 0.220 e. The molecule has 1 saturated carbocycles. The van der Waals surface area contributed by atoms with E-state index in [-0.39, 0.29) is 5.91 Å². The predicted octanol–water partition coefficient (Wildman–Crippen LogP) is 3.25. The van der Waals surface area contributed by atoms with Crippen LogP contribution in [-0.4, -0.2) is 17.8 Å². The summed E-state index contributed by atoms with van der Waals surface area (Å²) in [4.78, 5) is 11.6. The quantitative estimate of drug-likeness (QED) is 0.585. The first-order valence-corrected chi connectivity index (χ1v) is 7.27. The molecular formula is C12H22BrNO. The third-order valence-electron chi connectivity index (χ3n) is 3.08. The number of carbonyl (C=O) groups excluding carboxylic acids is 1. The van der Waals surface area contributed by atoms with Gasteiger partial charge < -0.3 is 5.32 Å². The van der Waals surface area contributed by atoms with Crippen molar-refractivity contribution in [2.24, 2.45) is 5.92 Å². The van der Waals surface area contributed by atoms with Crippen molar-refractivity contribution in [2.75, 3.05) is 11.9 Å². The van der Waals surface area contributed by atoms with Gasteiger partial charge in [0.25, 0.3) is 0 Å². The lowest BCUT2D eigenvalue weighted by molar-refractivity contribution is -0.122. The molecule has 1 fully saturated rings. The zero-order valence-electron chi connectivity index (χ0n) is 9.43. The van der Waals surface area contributed by atoms with Gasteiger partial charge in [-0.3, -0.25) is 4.79 Å². The number of hydrogen-bond donors (Lipinski definition) is 1. The molecule has 1 aliphatic rings. The molecule has 0 atom stereocenters. The van der Waals surface area contributed by atoms with Crippen molar-refractivity contribution in [2.45, 2.75) is 51.4 Å². The van der Waals surface area contributed by atoms with Crippen molar-refractivity contribution in [1.29, 1.82) is 0 Å². The first kappa shape index (κ1) is 13.0. The number of amides is 1. The van der Waals surface area contributed by atoms with Crippen LogP contribution in [0.1, 0.15) is 51.4 Å². The number of carbonyl (C=O) groups is 1. The maximum absolute atomic E-state index is 11.6. The van der Waals surface area contributed by atoms with Crippen LogP contribution in [0.25, 0.3) is 0 Å². The molecule has 0 radical (unpaired) electrons. The van der Waals surface area contributed by atoms with Gasteiger partial charge in [-0.1, -0.05) is 35.2 Å². The van der Waals surface area contributed by atoms with Crippen LogP contribution in [0, 0.1) is 5.92 Å². The van der Waals surface area contributed by atoms with Crippen molar-refractivity contribution in [3.8, 4) is 0 Å². The van der Waals surface area contributed by atoms with Crippen molar-refractivity contribution in [1.82, 2.24) is 5.32 Å². The molecule has 1 N–H and O–H groups in total. The second-order valence-electron chi connectivity index (χ2n) is 4.45. The van der Waals surface area contributed by atoms with Gasteiger partial charge >= 0.3 is 0 Å². The van der Waals surface area contributed by atoms with E-state index in [0.29, 0.717) is 5.92 Å². The lowest BCUT2D eigenvalue weighted by Gasteiger charge is -2.20. The molecule has 3 heteroatoms. The minimum absolute atomic E-state index is 0.261. The summed E-state index contributed by atoms with van der Waals surface area (Å²) in [5.74, 6) is 0.923. The zero-order valence-corrected chi connectivity index (χ0v) is 11.0. The predicted molar refractivity (Wildman–Crippen MR) is 67.2 cm³/mol. The Labute approximate surface area is 101 Å². The summed E-state index contributed by atoms with van der Waals surface area (Å²) in [6.07, 6.45) is 9.51. The first-order valence-electron chi connectivity index (χ1n) is 6.15. The van der Waals surface area contributed by atoms with Gasteiger partial charge in [0, 0.05) is 18.3 Å². The molecule has 0 aromatic carbocycles. The summed E-state index contributed by atoms with van der Waals surface area (Å²) in [6, 6.07) is 0. The fourth-order valence-corrected chi connectivity index (χ4v) is 2.57. The first-order chi connectivity index (χ1) is 7.33. The maximum atomic E-state index is 11.6. The largest absolute Gasteiger partial charge is 0.356 e. The van der Waals surface area contributed by atoms with E-state index in [4.69, 9.17) is 0 Å². The minimum atomic E-state index is 0.261. The minimum Gasteiger partial charge on any atom is -0.356 e. The Morgan fingerprint density at radius 1 is 1.20 bits per heavy atom. The molecule has 1 rings (SSSR count). The highest BCUT2D eigenvalue weighted by molar-refractivity contribution is 9.09.